The van der Waals surface area contributed by atoms with Crippen LogP contribution in [-0.2, 0) is 10.0 Å². The lowest BCUT2D eigenvalue weighted by Gasteiger charge is -2.31. The molecule has 2 aromatic rings. The minimum atomic E-state index is -3.44. The van der Waals surface area contributed by atoms with Crippen LogP contribution in [0.25, 0.3) is 6.08 Å². The quantitative estimate of drug-likeness (QED) is 0.882. The zero-order valence-electron chi connectivity index (χ0n) is 13.4. The van der Waals surface area contributed by atoms with E-state index in [9.17, 15) is 8.42 Å². The SMILES string of the molecule is Cc1ccc(/C=C/S(=O)(=O)NC2CCN(c3cnsn3)CC2)cc1. The molecule has 0 unspecified atom stereocenters. The van der Waals surface area contributed by atoms with Gasteiger partial charge >= 0.3 is 0 Å². The van der Waals surface area contributed by atoms with Gasteiger partial charge in [0, 0.05) is 24.5 Å². The Morgan fingerprint density at radius 2 is 1.96 bits per heavy atom. The van der Waals surface area contributed by atoms with E-state index < -0.39 is 10.0 Å². The zero-order valence-corrected chi connectivity index (χ0v) is 15.1. The highest BCUT2D eigenvalue weighted by molar-refractivity contribution is 7.92. The molecule has 0 spiro atoms. The number of aromatic nitrogens is 2. The van der Waals surface area contributed by atoms with Crippen molar-refractivity contribution in [2.45, 2.75) is 25.8 Å². The van der Waals surface area contributed by atoms with Gasteiger partial charge in [-0.15, -0.1) is 0 Å². The van der Waals surface area contributed by atoms with Crippen molar-refractivity contribution in [3.8, 4) is 0 Å². The summed E-state index contributed by atoms with van der Waals surface area (Å²) in [5, 5.41) is 1.24. The van der Waals surface area contributed by atoms with Crippen molar-refractivity contribution in [2.75, 3.05) is 18.0 Å². The van der Waals surface area contributed by atoms with Gasteiger partial charge in [-0.05, 0) is 31.4 Å². The van der Waals surface area contributed by atoms with Crippen molar-refractivity contribution in [1.29, 1.82) is 0 Å². The smallest absolute Gasteiger partial charge is 0.233 e. The number of nitrogens with zero attached hydrogens (tertiary/aromatic N) is 3. The molecule has 8 heteroatoms. The number of rotatable bonds is 5. The van der Waals surface area contributed by atoms with Crippen LogP contribution >= 0.6 is 11.7 Å². The highest BCUT2D eigenvalue weighted by Gasteiger charge is 2.23. The summed E-state index contributed by atoms with van der Waals surface area (Å²) in [6.45, 7) is 3.56. The highest BCUT2D eigenvalue weighted by atomic mass is 32.2. The van der Waals surface area contributed by atoms with Crippen LogP contribution in [0.5, 0.6) is 0 Å². The molecule has 1 aliphatic rings. The predicted molar refractivity (Wildman–Crippen MR) is 97.4 cm³/mol. The van der Waals surface area contributed by atoms with Crippen molar-refractivity contribution in [1.82, 2.24) is 13.5 Å². The van der Waals surface area contributed by atoms with Gasteiger partial charge in [-0.2, -0.15) is 8.75 Å². The molecular weight excluding hydrogens is 344 g/mol. The molecule has 6 nitrogen and oxygen atoms in total. The van der Waals surface area contributed by atoms with E-state index in [1.165, 1.54) is 17.1 Å². The highest BCUT2D eigenvalue weighted by Crippen LogP contribution is 2.18. The summed E-state index contributed by atoms with van der Waals surface area (Å²) in [7, 11) is -3.44. The van der Waals surface area contributed by atoms with Crippen molar-refractivity contribution in [3.05, 3.63) is 47.0 Å². The van der Waals surface area contributed by atoms with Gasteiger partial charge in [-0.3, -0.25) is 0 Å². The minimum absolute atomic E-state index is 0.0412. The summed E-state index contributed by atoms with van der Waals surface area (Å²) in [4.78, 5) is 2.14. The lowest BCUT2D eigenvalue weighted by atomic mass is 10.1. The molecule has 2 heterocycles. The van der Waals surface area contributed by atoms with E-state index in [0.717, 1.165) is 42.9 Å². The fourth-order valence-electron chi connectivity index (χ4n) is 2.64. The first kappa shape index (κ1) is 17.1. The molecule has 1 aromatic heterocycles. The molecule has 0 saturated carbocycles. The van der Waals surface area contributed by atoms with Crippen LogP contribution in [0.2, 0.25) is 0 Å². The fourth-order valence-corrected chi connectivity index (χ4v) is 4.19. The second-order valence-corrected chi connectivity index (χ2v) is 8.06. The molecule has 1 saturated heterocycles. The lowest BCUT2D eigenvalue weighted by molar-refractivity contribution is 0.461. The van der Waals surface area contributed by atoms with Crippen LogP contribution in [0.1, 0.15) is 24.0 Å². The van der Waals surface area contributed by atoms with Crippen LogP contribution < -0.4 is 9.62 Å². The number of anilines is 1. The largest absolute Gasteiger partial charge is 0.354 e. The van der Waals surface area contributed by atoms with Gasteiger partial charge in [0.1, 0.15) is 0 Å². The molecule has 128 valence electrons. The monoisotopic (exact) mass is 364 g/mol. The van der Waals surface area contributed by atoms with Crippen molar-refractivity contribution >= 4 is 33.6 Å². The number of sulfonamides is 1. The summed E-state index contributed by atoms with van der Waals surface area (Å²) in [5.41, 5.74) is 2.02. The second-order valence-electron chi connectivity index (χ2n) is 5.90. The van der Waals surface area contributed by atoms with Gasteiger partial charge < -0.3 is 4.90 Å². The first-order valence-electron chi connectivity index (χ1n) is 7.81. The van der Waals surface area contributed by atoms with Gasteiger partial charge in [0.25, 0.3) is 0 Å². The second kappa shape index (κ2) is 7.42. The zero-order chi connectivity index (χ0) is 17.0. The number of piperidine rings is 1. The van der Waals surface area contributed by atoms with Crippen LogP contribution in [0.3, 0.4) is 0 Å². The topological polar surface area (TPSA) is 75.2 Å². The molecule has 1 aromatic carbocycles. The predicted octanol–water partition coefficient (Wildman–Crippen LogP) is 2.41. The van der Waals surface area contributed by atoms with Gasteiger partial charge in [0.15, 0.2) is 5.82 Å². The summed E-state index contributed by atoms with van der Waals surface area (Å²) in [5.74, 6) is 0.876. The Balaban J connectivity index is 1.54. The van der Waals surface area contributed by atoms with Crippen molar-refractivity contribution < 1.29 is 8.42 Å². The summed E-state index contributed by atoms with van der Waals surface area (Å²) in [6, 6.07) is 7.69. The van der Waals surface area contributed by atoms with Gasteiger partial charge in [-0.25, -0.2) is 13.1 Å². The average molecular weight is 364 g/mol. The van der Waals surface area contributed by atoms with Gasteiger partial charge in [-0.1, -0.05) is 29.8 Å². The molecule has 0 radical (unpaired) electrons. The number of benzene rings is 1. The molecule has 1 aliphatic heterocycles. The van der Waals surface area contributed by atoms with E-state index in [1.807, 2.05) is 31.2 Å². The van der Waals surface area contributed by atoms with E-state index in [4.69, 9.17) is 0 Å². The lowest BCUT2D eigenvalue weighted by Crippen LogP contribution is -2.44. The summed E-state index contributed by atoms with van der Waals surface area (Å²) in [6.07, 6.45) is 4.89. The fraction of sp³-hybridized carbons (Fsp3) is 0.375. The van der Waals surface area contributed by atoms with E-state index in [1.54, 1.807) is 12.3 Å². The van der Waals surface area contributed by atoms with Gasteiger partial charge in [0.2, 0.25) is 10.0 Å². The molecule has 0 bridgehead atoms. The number of nitrogens with one attached hydrogen (secondary N) is 1. The average Bonchev–Trinajstić information content (AvgIpc) is 3.09. The Bertz CT molecular complexity index is 778. The number of hydrogen-bond acceptors (Lipinski definition) is 6. The Labute approximate surface area is 146 Å². The maximum atomic E-state index is 12.2. The third-order valence-corrected chi connectivity index (χ3v) is 5.64. The van der Waals surface area contributed by atoms with E-state index in [0.29, 0.717) is 0 Å². The Morgan fingerprint density at radius 3 is 2.58 bits per heavy atom. The summed E-state index contributed by atoms with van der Waals surface area (Å²) >= 11 is 1.19. The van der Waals surface area contributed by atoms with E-state index >= 15 is 0 Å². The van der Waals surface area contributed by atoms with Crippen LogP contribution in [0.15, 0.2) is 35.9 Å². The molecule has 0 atom stereocenters. The third kappa shape index (κ3) is 4.62. The maximum absolute atomic E-state index is 12.2. The Kier molecular flexibility index (Phi) is 5.27. The number of hydrogen-bond donors (Lipinski definition) is 1. The molecule has 1 fully saturated rings. The van der Waals surface area contributed by atoms with Crippen LogP contribution in [0.4, 0.5) is 5.82 Å². The Morgan fingerprint density at radius 1 is 1.25 bits per heavy atom. The molecular formula is C16H20N4O2S2. The first-order chi connectivity index (χ1) is 11.5. The van der Waals surface area contributed by atoms with Crippen molar-refractivity contribution in [2.24, 2.45) is 0 Å². The molecule has 0 amide bonds. The molecule has 1 N–H and O–H groups in total. The normalized spacial score (nSPS) is 16.8. The third-order valence-electron chi connectivity index (χ3n) is 4.02. The standard InChI is InChI=1S/C16H20N4O2S2/c1-13-2-4-14(5-3-13)8-11-24(21,22)19-15-6-9-20(10-7-15)16-12-17-23-18-16/h2-5,8,11-12,15,19H,6-7,9-10H2,1H3/b11-8+. The van der Waals surface area contributed by atoms with Crippen molar-refractivity contribution in [3.63, 3.8) is 0 Å². The first-order valence-corrected chi connectivity index (χ1v) is 10.1. The van der Waals surface area contributed by atoms with E-state index in [-0.39, 0.29) is 6.04 Å². The van der Waals surface area contributed by atoms with Crippen LogP contribution in [0, 0.1) is 6.92 Å². The molecule has 24 heavy (non-hydrogen) atoms. The van der Waals surface area contributed by atoms with E-state index in [2.05, 4.69) is 18.4 Å². The minimum Gasteiger partial charge on any atom is -0.354 e. The van der Waals surface area contributed by atoms with Gasteiger partial charge in [0.05, 0.1) is 17.9 Å². The Hall–Kier alpha value is -1.77. The number of aryl methyl sites for hydroxylation is 1. The maximum Gasteiger partial charge on any atom is 0.233 e. The molecule has 0 aliphatic carbocycles. The summed E-state index contributed by atoms with van der Waals surface area (Å²) < 4.78 is 35.4. The van der Waals surface area contributed by atoms with Crippen LogP contribution in [-0.4, -0.2) is 36.3 Å². The molecule has 3 rings (SSSR count).